The number of ether oxygens (including phenoxy) is 2. The second-order valence-electron chi connectivity index (χ2n) is 9.29. The molecule has 0 bridgehead atoms. The van der Waals surface area contributed by atoms with Crippen molar-refractivity contribution in [2.75, 3.05) is 13.7 Å². The summed E-state index contributed by atoms with van der Waals surface area (Å²) in [6, 6.07) is 15.8. The van der Waals surface area contributed by atoms with Crippen molar-refractivity contribution in [3.05, 3.63) is 77.6 Å². The Labute approximate surface area is 217 Å². The van der Waals surface area contributed by atoms with Crippen LogP contribution in [0.15, 0.2) is 60.8 Å². The van der Waals surface area contributed by atoms with E-state index < -0.39 is 18.1 Å². The van der Waals surface area contributed by atoms with Crippen LogP contribution in [0.3, 0.4) is 0 Å². The maximum atomic E-state index is 13.1. The van der Waals surface area contributed by atoms with Gasteiger partial charge in [0.2, 0.25) is 5.91 Å². The first-order valence-electron chi connectivity index (χ1n) is 12.7. The lowest BCUT2D eigenvalue weighted by Gasteiger charge is -2.42. The number of nitrogens with zero attached hydrogens (tertiary/aromatic N) is 4. The zero-order valence-corrected chi connectivity index (χ0v) is 21.3. The summed E-state index contributed by atoms with van der Waals surface area (Å²) in [5, 5.41) is 19.4. The fraction of sp³-hybridized carbons (Fsp3) is 0.429. The standard InChI is InChI=1S/C28H34N4O5/c1-3-4-6-11-27(34)31-18-26(33)25(16-24(31)20-12-14-23(36-2)15-13-20)32-17-22(29-30-32)19-37-28(35)21-9-7-5-8-10-21/h5,7-10,12-15,17,24-26,33H,3-4,6,11,16,18-19H2,1-2H3/t24-,25+,26+/m0/s1. The highest BCUT2D eigenvalue weighted by Gasteiger charge is 2.39. The highest BCUT2D eigenvalue weighted by molar-refractivity contribution is 5.89. The molecule has 1 N–H and O–H groups in total. The number of hydrogen-bond acceptors (Lipinski definition) is 7. The number of aliphatic hydroxyl groups excluding tert-OH is 1. The summed E-state index contributed by atoms with van der Waals surface area (Å²) in [7, 11) is 1.62. The topological polar surface area (TPSA) is 107 Å². The summed E-state index contributed by atoms with van der Waals surface area (Å²) in [5.74, 6) is 0.339. The molecular formula is C28H34N4O5. The van der Waals surface area contributed by atoms with E-state index in [4.69, 9.17) is 9.47 Å². The van der Waals surface area contributed by atoms with Gasteiger partial charge in [0.25, 0.3) is 0 Å². The molecule has 1 aliphatic rings. The molecule has 1 amide bonds. The predicted octanol–water partition coefficient (Wildman–Crippen LogP) is 4.10. The Bertz CT molecular complexity index is 1160. The Balaban J connectivity index is 1.48. The van der Waals surface area contributed by atoms with Crippen LogP contribution in [0.5, 0.6) is 5.75 Å². The number of hydrogen-bond donors (Lipinski definition) is 1. The summed E-state index contributed by atoms with van der Waals surface area (Å²) < 4.78 is 12.3. The fourth-order valence-electron chi connectivity index (χ4n) is 4.67. The van der Waals surface area contributed by atoms with Crippen LogP contribution in [0.25, 0.3) is 0 Å². The Morgan fingerprint density at radius 3 is 2.54 bits per heavy atom. The number of β-amino-alcohol motifs (C(OH)–C–C–N with tert-alkyl or cyclic N) is 1. The van der Waals surface area contributed by atoms with E-state index in [0.717, 1.165) is 30.6 Å². The van der Waals surface area contributed by atoms with Gasteiger partial charge in [0.1, 0.15) is 18.1 Å². The molecule has 1 saturated heterocycles. The molecule has 3 atom stereocenters. The Morgan fingerprint density at radius 2 is 1.84 bits per heavy atom. The molecule has 0 radical (unpaired) electrons. The van der Waals surface area contributed by atoms with Crippen molar-refractivity contribution in [2.45, 2.75) is 63.8 Å². The van der Waals surface area contributed by atoms with Crippen LogP contribution in [-0.2, 0) is 16.1 Å². The van der Waals surface area contributed by atoms with Crippen molar-refractivity contribution in [3.63, 3.8) is 0 Å². The van der Waals surface area contributed by atoms with Gasteiger partial charge in [0, 0.05) is 13.0 Å². The normalized spacial score (nSPS) is 19.4. The zero-order valence-electron chi connectivity index (χ0n) is 21.3. The number of aromatic nitrogens is 3. The zero-order chi connectivity index (χ0) is 26.2. The van der Waals surface area contributed by atoms with E-state index in [2.05, 4.69) is 17.2 Å². The summed E-state index contributed by atoms with van der Waals surface area (Å²) in [4.78, 5) is 27.2. The summed E-state index contributed by atoms with van der Waals surface area (Å²) in [6.07, 6.45) is 4.66. The van der Waals surface area contributed by atoms with Crippen LogP contribution >= 0.6 is 0 Å². The first kappa shape index (κ1) is 26.3. The number of rotatable bonds is 10. The summed E-state index contributed by atoms with van der Waals surface area (Å²) in [5.41, 5.74) is 1.91. The fourth-order valence-corrected chi connectivity index (χ4v) is 4.67. The number of aliphatic hydroxyl groups is 1. The molecule has 9 nitrogen and oxygen atoms in total. The minimum absolute atomic E-state index is 0.0273. The van der Waals surface area contributed by atoms with Crippen LogP contribution in [0.1, 0.15) is 72.7 Å². The van der Waals surface area contributed by atoms with Gasteiger partial charge in [-0.15, -0.1) is 5.10 Å². The maximum absolute atomic E-state index is 13.1. The number of likely N-dealkylation sites (tertiary alicyclic amines) is 1. The number of methoxy groups -OCH3 is 1. The first-order chi connectivity index (χ1) is 18.0. The number of carbonyl (C=O) groups is 2. The molecule has 3 aromatic rings. The van der Waals surface area contributed by atoms with Crippen molar-refractivity contribution in [1.29, 1.82) is 0 Å². The third-order valence-corrected chi connectivity index (χ3v) is 6.74. The number of amides is 1. The van der Waals surface area contributed by atoms with Gasteiger partial charge in [0.05, 0.1) is 37.1 Å². The molecule has 37 heavy (non-hydrogen) atoms. The van der Waals surface area contributed by atoms with Crippen LogP contribution < -0.4 is 4.74 Å². The van der Waals surface area contributed by atoms with Crippen LogP contribution in [0.2, 0.25) is 0 Å². The third kappa shape index (κ3) is 6.54. The molecule has 9 heteroatoms. The Morgan fingerprint density at radius 1 is 1.08 bits per heavy atom. The van der Waals surface area contributed by atoms with E-state index in [1.807, 2.05) is 30.3 Å². The van der Waals surface area contributed by atoms with Crippen LogP contribution in [0.4, 0.5) is 0 Å². The van der Waals surface area contributed by atoms with Gasteiger partial charge in [-0.05, 0) is 42.7 Å². The van der Waals surface area contributed by atoms with E-state index >= 15 is 0 Å². The second-order valence-corrected chi connectivity index (χ2v) is 9.29. The van der Waals surface area contributed by atoms with Gasteiger partial charge in [-0.1, -0.05) is 55.3 Å². The molecule has 2 aromatic carbocycles. The number of piperidine rings is 1. The van der Waals surface area contributed by atoms with Gasteiger partial charge >= 0.3 is 5.97 Å². The van der Waals surface area contributed by atoms with Crippen molar-refractivity contribution in [3.8, 4) is 5.75 Å². The third-order valence-electron chi connectivity index (χ3n) is 6.74. The first-order valence-corrected chi connectivity index (χ1v) is 12.7. The molecule has 0 aliphatic carbocycles. The van der Waals surface area contributed by atoms with Crippen molar-refractivity contribution in [2.24, 2.45) is 0 Å². The molecule has 0 spiro atoms. The van der Waals surface area contributed by atoms with Crippen molar-refractivity contribution >= 4 is 11.9 Å². The van der Waals surface area contributed by atoms with Crippen molar-refractivity contribution in [1.82, 2.24) is 19.9 Å². The molecule has 196 valence electrons. The smallest absolute Gasteiger partial charge is 0.338 e. The highest BCUT2D eigenvalue weighted by atomic mass is 16.5. The van der Waals surface area contributed by atoms with E-state index in [9.17, 15) is 14.7 Å². The lowest BCUT2D eigenvalue weighted by atomic mass is 9.89. The van der Waals surface area contributed by atoms with Gasteiger partial charge in [0.15, 0.2) is 0 Å². The summed E-state index contributed by atoms with van der Waals surface area (Å²) >= 11 is 0. The monoisotopic (exact) mass is 506 g/mol. The van der Waals surface area contributed by atoms with E-state index in [0.29, 0.717) is 24.1 Å². The van der Waals surface area contributed by atoms with E-state index in [-0.39, 0.29) is 25.1 Å². The molecule has 1 aromatic heterocycles. The van der Waals surface area contributed by atoms with Gasteiger partial charge in [-0.25, -0.2) is 9.48 Å². The average Bonchev–Trinajstić information content (AvgIpc) is 3.41. The van der Waals surface area contributed by atoms with Crippen LogP contribution in [-0.4, -0.2) is 56.6 Å². The molecule has 1 fully saturated rings. The molecule has 1 aliphatic heterocycles. The van der Waals surface area contributed by atoms with Crippen LogP contribution in [0, 0.1) is 0 Å². The molecule has 0 unspecified atom stereocenters. The summed E-state index contributed by atoms with van der Waals surface area (Å²) in [6.45, 7) is 2.28. The van der Waals surface area contributed by atoms with Gasteiger partial charge < -0.3 is 19.5 Å². The highest BCUT2D eigenvalue weighted by Crippen LogP contribution is 2.38. The Kier molecular flexibility index (Phi) is 8.90. The molecule has 0 saturated carbocycles. The Hall–Kier alpha value is -3.72. The number of esters is 1. The minimum Gasteiger partial charge on any atom is -0.497 e. The van der Waals surface area contributed by atoms with E-state index in [1.165, 1.54) is 0 Å². The quantitative estimate of drug-likeness (QED) is 0.326. The SMILES string of the molecule is CCCCCC(=O)N1C[C@@H](O)[C@H](n2cc(COC(=O)c3ccccc3)nn2)C[C@H]1c1ccc(OC)cc1. The average molecular weight is 507 g/mol. The molecular weight excluding hydrogens is 472 g/mol. The molecule has 2 heterocycles. The second kappa shape index (κ2) is 12.5. The molecule has 4 rings (SSSR count). The lowest BCUT2D eigenvalue weighted by molar-refractivity contribution is -0.140. The largest absolute Gasteiger partial charge is 0.497 e. The van der Waals surface area contributed by atoms with Gasteiger partial charge in [-0.3, -0.25) is 4.79 Å². The number of benzene rings is 2. The number of unbranched alkanes of at least 4 members (excludes halogenated alkanes) is 2. The van der Waals surface area contributed by atoms with Gasteiger partial charge in [-0.2, -0.15) is 0 Å². The van der Waals surface area contributed by atoms with Crippen molar-refractivity contribution < 1.29 is 24.2 Å². The lowest BCUT2D eigenvalue weighted by Crippen LogP contribution is -2.49. The maximum Gasteiger partial charge on any atom is 0.338 e. The van der Waals surface area contributed by atoms with E-state index in [1.54, 1.807) is 47.2 Å². The number of carbonyl (C=O) groups excluding carboxylic acids is 2. The predicted molar refractivity (Wildman–Crippen MR) is 137 cm³/mol. The minimum atomic E-state index is -0.814.